The lowest BCUT2D eigenvalue weighted by Crippen LogP contribution is -2.46. The van der Waals surface area contributed by atoms with Gasteiger partial charge in [0.2, 0.25) is 0 Å². The Morgan fingerprint density at radius 3 is 2.47 bits per heavy atom. The van der Waals surface area contributed by atoms with Crippen LogP contribution in [-0.2, 0) is 12.1 Å². The molecule has 2 aromatic rings. The molecule has 0 bridgehead atoms. The van der Waals surface area contributed by atoms with Crippen LogP contribution in [0.1, 0.15) is 23.6 Å². The van der Waals surface area contributed by atoms with E-state index in [0.29, 0.717) is 6.54 Å². The number of nitrogens with zero attached hydrogens (tertiary/aromatic N) is 1. The standard InChI is InChI=1S/C17H19NO/c1-2-18-12-14-8-6-7-11-16(14)17(19,13-18)15-9-4-3-5-10-15/h3-11,19H,2,12-13H2,1H3. The number of rotatable bonds is 2. The van der Waals surface area contributed by atoms with Crippen LogP contribution in [0, 0.1) is 0 Å². The van der Waals surface area contributed by atoms with Crippen LogP contribution in [0.2, 0.25) is 0 Å². The van der Waals surface area contributed by atoms with E-state index in [2.05, 4.69) is 24.0 Å². The van der Waals surface area contributed by atoms with Crippen molar-refractivity contribution in [1.82, 2.24) is 4.90 Å². The fraction of sp³-hybridized carbons (Fsp3) is 0.294. The molecule has 1 atom stereocenters. The van der Waals surface area contributed by atoms with Gasteiger partial charge in [-0.1, -0.05) is 61.5 Å². The van der Waals surface area contributed by atoms with Crippen molar-refractivity contribution in [2.75, 3.05) is 13.1 Å². The first-order chi connectivity index (χ1) is 9.24. The zero-order valence-electron chi connectivity index (χ0n) is 11.2. The molecule has 19 heavy (non-hydrogen) atoms. The molecule has 1 heterocycles. The van der Waals surface area contributed by atoms with E-state index in [-0.39, 0.29) is 0 Å². The first-order valence-corrected chi connectivity index (χ1v) is 6.82. The highest BCUT2D eigenvalue weighted by molar-refractivity contribution is 5.43. The van der Waals surface area contributed by atoms with E-state index < -0.39 is 5.60 Å². The predicted octanol–water partition coefficient (Wildman–Crippen LogP) is 2.76. The van der Waals surface area contributed by atoms with Crippen molar-refractivity contribution in [1.29, 1.82) is 0 Å². The Balaban J connectivity index is 2.14. The third-order valence-electron chi connectivity index (χ3n) is 4.01. The molecule has 0 fully saturated rings. The highest BCUT2D eigenvalue weighted by Crippen LogP contribution is 2.36. The summed E-state index contributed by atoms with van der Waals surface area (Å²) >= 11 is 0. The third-order valence-corrected chi connectivity index (χ3v) is 4.01. The predicted molar refractivity (Wildman–Crippen MR) is 76.8 cm³/mol. The molecule has 3 rings (SSSR count). The lowest BCUT2D eigenvalue weighted by molar-refractivity contribution is 0.0205. The maximum atomic E-state index is 11.3. The van der Waals surface area contributed by atoms with E-state index in [4.69, 9.17) is 0 Å². The molecule has 2 aromatic carbocycles. The van der Waals surface area contributed by atoms with Crippen LogP contribution in [0.5, 0.6) is 0 Å². The van der Waals surface area contributed by atoms with Gasteiger partial charge in [0.05, 0.1) is 0 Å². The minimum Gasteiger partial charge on any atom is -0.379 e. The van der Waals surface area contributed by atoms with Crippen LogP contribution < -0.4 is 0 Å². The van der Waals surface area contributed by atoms with Crippen LogP contribution in [-0.4, -0.2) is 23.1 Å². The van der Waals surface area contributed by atoms with Crippen LogP contribution in [0.25, 0.3) is 0 Å². The lowest BCUT2D eigenvalue weighted by Gasteiger charge is -2.40. The van der Waals surface area contributed by atoms with E-state index in [1.54, 1.807) is 0 Å². The fourth-order valence-corrected chi connectivity index (χ4v) is 2.95. The van der Waals surface area contributed by atoms with Gasteiger partial charge in [-0.05, 0) is 23.2 Å². The van der Waals surface area contributed by atoms with E-state index in [9.17, 15) is 5.11 Å². The zero-order valence-corrected chi connectivity index (χ0v) is 11.2. The summed E-state index contributed by atoms with van der Waals surface area (Å²) in [6.45, 7) is 4.66. The van der Waals surface area contributed by atoms with Crippen molar-refractivity contribution in [2.45, 2.75) is 19.1 Å². The van der Waals surface area contributed by atoms with Crippen LogP contribution in [0.3, 0.4) is 0 Å². The molecule has 0 saturated carbocycles. The highest BCUT2D eigenvalue weighted by atomic mass is 16.3. The molecule has 0 spiro atoms. The summed E-state index contributed by atoms with van der Waals surface area (Å²) in [4.78, 5) is 2.29. The van der Waals surface area contributed by atoms with E-state index in [1.807, 2.05) is 42.5 Å². The highest BCUT2D eigenvalue weighted by Gasteiger charge is 2.38. The summed E-state index contributed by atoms with van der Waals surface area (Å²) in [6, 6.07) is 18.2. The zero-order chi connectivity index (χ0) is 13.3. The molecule has 1 N–H and O–H groups in total. The molecular formula is C17H19NO. The Morgan fingerprint density at radius 1 is 1.05 bits per heavy atom. The van der Waals surface area contributed by atoms with Crippen molar-refractivity contribution in [3.05, 3.63) is 71.3 Å². The molecule has 0 aromatic heterocycles. The van der Waals surface area contributed by atoms with Gasteiger partial charge in [0.15, 0.2) is 0 Å². The van der Waals surface area contributed by atoms with Crippen molar-refractivity contribution in [2.24, 2.45) is 0 Å². The summed E-state index contributed by atoms with van der Waals surface area (Å²) in [6.07, 6.45) is 0. The van der Waals surface area contributed by atoms with E-state index >= 15 is 0 Å². The smallest absolute Gasteiger partial charge is 0.128 e. The molecule has 0 amide bonds. The number of benzene rings is 2. The Hall–Kier alpha value is -1.64. The molecule has 2 heteroatoms. The molecular weight excluding hydrogens is 234 g/mol. The number of β-amino-alcohol motifs (C(OH)–C–C–N with tert-alkyl or cyclic N) is 1. The second-order valence-corrected chi connectivity index (χ2v) is 5.19. The minimum atomic E-state index is -0.897. The van der Waals surface area contributed by atoms with Gasteiger partial charge in [0, 0.05) is 13.1 Å². The quantitative estimate of drug-likeness (QED) is 0.889. The van der Waals surface area contributed by atoms with Gasteiger partial charge in [-0.2, -0.15) is 0 Å². The minimum absolute atomic E-state index is 0.657. The number of fused-ring (bicyclic) bond motifs is 1. The largest absolute Gasteiger partial charge is 0.379 e. The van der Waals surface area contributed by atoms with Crippen molar-refractivity contribution in [3.8, 4) is 0 Å². The second kappa shape index (κ2) is 4.80. The van der Waals surface area contributed by atoms with Crippen molar-refractivity contribution in [3.63, 3.8) is 0 Å². The summed E-state index contributed by atoms with van der Waals surface area (Å²) in [5, 5.41) is 11.3. The molecule has 0 saturated heterocycles. The van der Waals surface area contributed by atoms with Gasteiger partial charge in [0.25, 0.3) is 0 Å². The molecule has 98 valence electrons. The maximum Gasteiger partial charge on any atom is 0.128 e. The van der Waals surface area contributed by atoms with Gasteiger partial charge >= 0.3 is 0 Å². The SMILES string of the molecule is CCN1Cc2ccccc2C(O)(c2ccccc2)C1. The Morgan fingerprint density at radius 2 is 1.74 bits per heavy atom. The normalized spacial score (nSPS) is 23.1. The van der Waals surface area contributed by atoms with Gasteiger partial charge in [-0.25, -0.2) is 0 Å². The average molecular weight is 253 g/mol. The molecule has 0 aliphatic carbocycles. The van der Waals surface area contributed by atoms with Gasteiger partial charge < -0.3 is 5.11 Å². The summed E-state index contributed by atoms with van der Waals surface area (Å²) in [7, 11) is 0. The summed E-state index contributed by atoms with van der Waals surface area (Å²) < 4.78 is 0. The Labute approximate surface area is 114 Å². The molecule has 2 nitrogen and oxygen atoms in total. The third kappa shape index (κ3) is 2.07. The first kappa shape index (κ1) is 12.4. The van der Waals surface area contributed by atoms with Crippen LogP contribution in [0.4, 0.5) is 0 Å². The van der Waals surface area contributed by atoms with E-state index in [1.165, 1.54) is 5.56 Å². The topological polar surface area (TPSA) is 23.5 Å². The van der Waals surface area contributed by atoms with Gasteiger partial charge in [-0.15, -0.1) is 0 Å². The Bertz CT molecular complexity index is 566. The van der Waals surface area contributed by atoms with Crippen molar-refractivity contribution < 1.29 is 5.11 Å². The number of hydrogen-bond acceptors (Lipinski definition) is 2. The second-order valence-electron chi connectivity index (χ2n) is 5.19. The molecule has 1 aliphatic heterocycles. The average Bonchev–Trinajstić information content (AvgIpc) is 2.48. The monoisotopic (exact) mass is 253 g/mol. The van der Waals surface area contributed by atoms with Crippen molar-refractivity contribution >= 4 is 0 Å². The van der Waals surface area contributed by atoms with Gasteiger partial charge in [-0.3, -0.25) is 4.90 Å². The number of aliphatic hydroxyl groups is 1. The summed E-state index contributed by atoms with van der Waals surface area (Å²) in [5.41, 5.74) is 2.35. The van der Waals surface area contributed by atoms with Crippen LogP contribution >= 0.6 is 0 Å². The molecule has 0 radical (unpaired) electrons. The fourth-order valence-electron chi connectivity index (χ4n) is 2.95. The van der Waals surface area contributed by atoms with Gasteiger partial charge in [0.1, 0.15) is 5.60 Å². The molecule has 1 aliphatic rings. The first-order valence-electron chi connectivity index (χ1n) is 6.82. The molecule has 1 unspecified atom stereocenters. The number of likely N-dealkylation sites (N-methyl/N-ethyl adjacent to an activating group) is 1. The van der Waals surface area contributed by atoms with Crippen LogP contribution in [0.15, 0.2) is 54.6 Å². The summed E-state index contributed by atoms with van der Waals surface area (Å²) in [5.74, 6) is 0. The Kier molecular flexibility index (Phi) is 3.13. The maximum absolute atomic E-state index is 11.3. The van der Waals surface area contributed by atoms with E-state index in [0.717, 1.165) is 24.2 Å². The lowest BCUT2D eigenvalue weighted by atomic mass is 9.80. The number of hydrogen-bond donors (Lipinski definition) is 1.